The molecule has 0 aromatic heterocycles. The molecule has 0 atom stereocenters. The van der Waals surface area contributed by atoms with Gasteiger partial charge in [0.2, 0.25) is 0 Å². The van der Waals surface area contributed by atoms with Crippen LogP contribution >= 0.6 is 0 Å². The Hall–Kier alpha value is -7.67. The highest BCUT2D eigenvalue weighted by atomic mass is 19.4. The molecule has 0 aliphatic heterocycles. The number of allylic oxidation sites excluding steroid dienone is 8. The summed E-state index contributed by atoms with van der Waals surface area (Å²) in [5.41, 5.74) is -2.07. The van der Waals surface area contributed by atoms with Crippen LogP contribution in [0.1, 0.15) is 50.1 Å². The van der Waals surface area contributed by atoms with Crippen LogP contribution in [0.15, 0.2) is 65.7 Å². The molecule has 0 fully saturated rings. The van der Waals surface area contributed by atoms with Gasteiger partial charge < -0.3 is 0 Å². The predicted molar refractivity (Wildman–Crippen MR) is 155 cm³/mol. The van der Waals surface area contributed by atoms with E-state index in [1.165, 1.54) is 30.3 Å². The molecule has 0 amide bonds. The Morgan fingerprint density at radius 1 is 0.522 bits per heavy atom. The number of hydrogen-bond donors (Lipinski definition) is 0. The van der Waals surface area contributed by atoms with Crippen LogP contribution in [-0.2, 0) is 6.18 Å². The second-order valence-corrected chi connectivity index (χ2v) is 9.64. The maximum atomic E-state index is 13.3. The SMILES string of the molecule is N#CC(C#N)=C1C(c2ccc(C(F)(F)F)cc2)=C(C#N)c2c1cc1c(c2C#N)C(=C(C#N)C#N)C(c2ccc(C#N)cc2)=C1C#N. The molecule has 11 heteroatoms. The van der Waals surface area contributed by atoms with Gasteiger partial charge in [-0.3, -0.25) is 0 Å². The first-order chi connectivity index (χ1) is 22.1. The molecule has 0 unspecified atom stereocenters. The van der Waals surface area contributed by atoms with E-state index in [4.69, 9.17) is 0 Å². The van der Waals surface area contributed by atoms with Gasteiger partial charge in [0.15, 0.2) is 0 Å². The molecule has 3 aromatic rings. The lowest BCUT2D eigenvalue weighted by Crippen LogP contribution is -2.04. The molecular formula is C35H9F3N8. The fraction of sp³-hybridized carbons (Fsp3) is 0.0286. The summed E-state index contributed by atoms with van der Waals surface area (Å²) in [6, 6.07) is 26.1. The van der Waals surface area contributed by atoms with Crippen molar-refractivity contribution in [2.45, 2.75) is 6.18 Å². The van der Waals surface area contributed by atoms with Crippen molar-refractivity contribution >= 4 is 33.4 Å². The van der Waals surface area contributed by atoms with E-state index < -0.39 is 22.9 Å². The lowest BCUT2D eigenvalue weighted by Gasteiger charge is -2.13. The lowest BCUT2D eigenvalue weighted by molar-refractivity contribution is -0.137. The smallest absolute Gasteiger partial charge is 0.192 e. The number of benzene rings is 3. The third-order valence-corrected chi connectivity index (χ3v) is 7.45. The molecule has 2 aliphatic rings. The molecule has 2 aliphatic carbocycles. The Morgan fingerprint density at radius 3 is 1.48 bits per heavy atom. The maximum absolute atomic E-state index is 13.3. The van der Waals surface area contributed by atoms with Crippen molar-refractivity contribution in [1.82, 2.24) is 0 Å². The van der Waals surface area contributed by atoms with Crippen LogP contribution in [0.4, 0.5) is 13.2 Å². The highest BCUT2D eigenvalue weighted by Gasteiger charge is 2.40. The number of halogens is 3. The van der Waals surface area contributed by atoms with Crippen molar-refractivity contribution < 1.29 is 13.2 Å². The van der Waals surface area contributed by atoms with E-state index >= 15 is 0 Å². The van der Waals surface area contributed by atoms with Crippen molar-refractivity contribution in [1.29, 1.82) is 42.1 Å². The molecule has 8 nitrogen and oxygen atoms in total. The number of rotatable bonds is 2. The van der Waals surface area contributed by atoms with Crippen LogP contribution in [0.5, 0.6) is 0 Å². The quantitative estimate of drug-likeness (QED) is 0.283. The molecule has 0 heterocycles. The molecule has 0 bridgehead atoms. The average Bonchev–Trinajstić information content (AvgIpc) is 3.57. The molecule has 0 N–H and O–H groups in total. The predicted octanol–water partition coefficient (Wildman–Crippen LogP) is 6.95. The minimum absolute atomic E-state index is 0.0171. The summed E-state index contributed by atoms with van der Waals surface area (Å²) in [5, 5.41) is 80.3. The zero-order chi connectivity index (χ0) is 33.3. The van der Waals surface area contributed by atoms with Crippen LogP contribution < -0.4 is 0 Å². The van der Waals surface area contributed by atoms with E-state index in [9.17, 15) is 55.3 Å². The standard InChI is InChI=1S/C35H9F3N8/c36-35(37,38)23-7-5-20(6-8-23)30-27(16-45)33-25(31(30)21(11-40)12-41)9-24-26(15-44)29(19-3-1-18(10-39)2-4-19)32(22(13-42)14-43)34(24)28(33)17-46/h1-9H. The van der Waals surface area contributed by atoms with E-state index in [1.54, 1.807) is 24.3 Å². The van der Waals surface area contributed by atoms with Gasteiger partial charge >= 0.3 is 6.18 Å². The van der Waals surface area contributed by atoms with E-state index in [0.717, 1.165) is 24.3 Å². The van der Waals surface area contributed by atoms with E-state index in [1.807, 2.05) is 18.2 Å². The van der Waals surface area contributed by atoms with Crippen molar-refractivity contribution in [2.75, 3.05) is 0 Å². The molecular weight excluding hydrogens is 589 g/mol. The molecule has 46 heavy (non-hydrogen) atoms. The van der Waals surface area contributed by atoms with Gasteiger partial charge in [-0.15, -0.1) is 0 Å². The molecule has 5 rings (SSSR count). The Kier molecular flexibility index (Phi) is 7.26. The van der Waals surface area contributed by atoms with Crippen LogP contribution in [0.25, 0.3) is 33.4 Å². The third kappa shape index (κ3) is 4.33. The molecule has 0 radical (unpaired) electrons. The zero-order valence-corrected chi connectivity index (χ0v) is 22.9. The minimum Gasteiger partial charge on any atom is -0.192 e. The van der Waals surface area contributed by atoms with Crippen LogP contribution in [0.3, 0.4) is 0 Å². The van der Waals surface area contributed by atoms with Crippen molar-refractivity contribution in [2.24, 2.45) is 0 Å². The number of fused-ring (bicyclic) bond motifs is 2. The minimum atomic E-state index is -4.67. The summed E-state index contributed by atoms with van der Waals surface area (Å²) >= 11 is 0. The number of alkyl halides is 3. The fourth-order valence-electron chi connectivity index (χ4n) is 5.60. The average molecular weight is 599 g/mol. The van der Waals surface area contributed by atoms with Crippen molar-refractivity contribution in [3.05, 3.63) is 116 Å². The summed E-state index contributed by atoms with van der Waals surface area (Å²) in [6.45, 7) is 0. The van der Waals surface area contributed by atoms with Gasteiger partial charge in [0.1, 0.15) is 53.6 Å². The summed E-state index contributed by atoms with van der Waals surface area (Å²) in [7, 11) is 0. The summed E-state index contributed by atoms with van der Waals surface area (Å²) < 4.78 is 40.0. The maximum Gasteiger partial charge on any atom is 0.416 e. The monoisotopic (exact) mass is 598 g/mol. The van der Waals surface area contributed by atoms with Gasteiger partial charge in [-0.2, -0.15) is 55.3 Å². The van der Waals surface area contributed by atoms with Gasteiger partial charge in [0.05, 0.1) is 33.9 Å². The summed E-state index contributed by atoms with van der Waals surface area (Å²) in [5.74, 6) is 0. The highest BCUT2D eigenvalue weighted by Crippen LogP contribution is 2.56. The Bertz CT molecular complexity index is 2370. The zero-order valence-electron chi connectivity index (χ0n) is 22.9. The van der Waals surface area contributed by atoms with Crippen LogP contribution in [0, 0.1) is 90.6 Å². The first-order valence-electron chi connectivity index (χ1n) is 12.8. The Balaban J connectivity index is 1.96. The van der Waals surface area contributed by atoms with Gasteiger partial charge in [-0.1, -0.05) is 24.3 Å². The number of hydrogen-bond acceptors (Lipinski definition) is 8. The Morgan fingerprint density at radius 2 is 1.02 bits per heavy atom. The molecule has 3 aromatic carbocycles. The van der Waals surface area contributed by atoms with Crippen LogP contribution in [-0.4, -0.2) is 0 Å². The number of nitrogens with zero attached hydrogens (tertiary/aromatic N) is 8. The summed E-state index contributed by atoms with van der Waals surface area (Å²) in [4.78, 5) is 0. The van der Waals surface area contributed by atoms with Gasteiger partial charge in [-0.25, -0.2) is 0 Å². The normalized spacial score (nSPS) is 12.7. The molecule has 0 saturated heterocycles. The molecule has 0 spiro atoms. The topological polar surface area (TPSA) is 190 Å². The second-order valence-electron chi connectivity index (χ2n) is 9.64. The van der Waals surface area contributed by atoms with Gasteiger partial charge in [-0.05, 0) is 47.0 Å². The molecule has 210 valence electrons. The van der Waals surface area contributed by atoms with Crippen molar-refractivity contribution in [3.63, 3.8) is 0 Å². The first-order valence-corrected chi connectivity index (χ1v) is 12.8. The second kappa shape index (κ2) is 11.2. The Labute approximate surface area is 259 Å². The fourth-order valence-corrected chi connectivity index (χ4v) is 5.60. The lowest BCUT2D eigenvalue weighted by atomic mass is 9.86. The highest BCUT2D eigenvalue weighted by molar-refractivity contribution is 6.31. The van der Waals surface area contributed by atoms with E-state index in [-0.39, 0.29) is 72.4 Å². The number of nitriles is 8. The molecule has 0 saturated carbocycles. The van der Waals surface area contributed by atoms with Crippen LogP contribution in [0.2, 0.25) is 0 Å². The van der Waals surface area contributed by atoms with E-state index in [2.05, 4.69) is 6.07 Å². The first kappa shape index (κ1) is 29.8. The largest absolute Gasteiger partial charge is 0.416 e. The summed E-state index contributed by atoms with van der Waals surface area (Å²) in [6.07, 6.45) is -4.67. The van der Waals surface area contributed by atoms with Gasteiger partial charge in [0.25, 0.3) is 0 Å². The van der Waals surface area contributed by atoms with Crippen molar-refractivity contribution in [3.8, 4) is 48.6 Å². The van der Waals surface area contributed by atoms with Gasteiger partial charge in [0, 0.05) is 39.0 Å². The van der Waals surface area contributed by atoms with E-state index in [0.29, 0.717) is 5.56 Å². The third-order valence-electron chi connectivity index (χ3n) is 7.45.